The number of amides is 2. The molecule has 1 saturated heterocycles. The van der Waals surface area contributed by atoms with Crippen molar-refractivity contribution in [3.05, 3.63) is 17.0 Å². The highest BCUT2D eigenvalue weighted by molar-refractivity contribution is 7.14. The average Bonchev–Trinajstić information content (AvgIpc) is 2.72. The molecule has 0 unspecified atom stereocenters. The van der Waals surface area contributed by atoms with Crippen LogP contribution in [-0.4, -0.2) is 37.1 Å². The third-order valence-corrected chi connectivity index (χ3v) is 3.56. The molecule has 0 spiro atoms. The molecule has 2 heterocycles. The molecule has 1 aliphatic heterocycles. The predicted octanol–water partition coefficient (Wildman–Crippen LogP) is 0.164. The summed E-state index contributed by atoms with van der Waals surface area (Å²) < 4.78 is 5.49. The lowest BCUT2D eigenvalue weighted by Gasteiger charge is -2.38. The first kappa shape index (κ1) is 13.0. The Morgan fingerprint density at radius 2 is 2.33 bits per heavy atom. The fourth-order valence-electron chi connectivity index (χ4n) is 1.58. The van der Waals surface area contributed by atoms with Crippen molar-refractivity contribution in [1.29, 1.82) is 0 Å². The summed E-state index contributed by atoms with van der Waals surface area (Å²) in [6.45, 7) is 3.39. The van der Waals surface area contributed by atoms with Gasteiger partial charge in [0.2, 0.25) is 0 Å². The van der Waals surface area contributed by atoms with Crippen LogP contribution >= 0.6 is 11.3 Å². The first-order valence-electron chi connectivity index (χ1n) is 5.52. The van der Waals surface area contributed by atoms with Gasteiger partial charge in [0.15, 0.2) is 0 Å². The Morgan fingerprint density at radius 3 is 2.89 bits per heavy atom. The number of anilines is 1. The van der Waals surface area contributed by atoms with Crippen molar-refractivity contribution in [1.82, 2.24) is 5.32 Å². The Hall–Kier alpha value is -1.44. The molecule has 0 aromatic carbocycles. The van der Waals surface area contributed by atoms with Gasteiger partial charge in [-0.15, -0.1) is 11.3 Å². The van der Waals surface area contributed by atoms with Crippen molar-refractivity contribution < 1.29 is 14.3 Å². The maximum atomic E-state index is 11.7. The van der Waals surface area contributed by atoms with Gasteiger partial charge in [0.05, 0.1) is 11.2 Å². The Bertz CT molecular complexity index is 468. The highest BCUT2D eigenvalue weighted by Gasteiger charge is 2.33. The second kappa shape index (κ2) is 5.05. The number of ether oxygens (including phenoxy) is 1. The number of carbonyl (C=O) groups excluding carboxylic acids is 2. The van der Waals surface area contributed by atoms with Gasteiger partial charge < -0.3 is 21.1 Å². The summed E-state index contributed by atoms with van der Waals surface area (Å²) in [4.78, 5) is 22.7. The minimum absolute atomic E-state index is 0.0335. The monoisotopic (exact) mass is 269 g/mol. The number of hydrogen-bond acceptors (Lipinski definition) is 5. The number of primary amides is 1. The molecular formula is C11H15N3O3S. The van der Waals surface area contributed by atoms with Gasteiger partial charge in [-0.2, -0.15) is 0 Å². The van der Waals surface area contributed by atoms with Crippen LogP contribution in [0.4, 0.5) is 5.00 Å². The molecule has 4 N–H and O–H groups in total. The van der Waals surface area contributed by atoms with Crippen LogP contribution in [0.5, 0.6) is 0 Å². The number of hydrogen-bond donors (Lipinski definition) is 3. The molecule has 0 atom stereocenters. The molecule has 7 heteroatoms. The molecule has 1 fully saturated rings. The summed E-state index contributed by atoms with van der Waals surface area (Å²) in [6.07, 6.45) is 0. The number of nitrogens with two attached hydrogens (primary N) is 1. The number of carbonyl (C=O) groups is 2. The van der Waals surface area contributed by atoms with Gasteiger partial charge in [-0.3, -0.25) is 9.59 Å². The van der Waals surface area contributed by atoms with Crippen molar-refractivity contribution in [2.45, 2.75) is 12.5 Å². The second-order valence-electron chi connectivity index (χ2n) is 4.42. The molecule has 2 rings (SSSR count). The molecule has 1 aromatic heterocycles. The van der Waals surface area contributed by atoms with Crippen LogP contribution in [0, 0.1) is 0 Å². The third kappa shape index (κ3) is 2.87. The lowest BCUT2D eigenvalue weighted by Crippen LogP contribution is -2.59. The molecular weight excluding hydrogens is 254 g/mol. The quantitative estimate of drug-likeness (QED) is 0.710. The van der Waals surface area contributed by atoms with E-state index in [1.807, 2.05) is 6.92 Å². The normalized spacial score (nSPS) is 16.9. The summed E-state index contributed by atoms with van der Waals surface area (Å²) >= 11 is 1.26. The third-order valence-electron chi connectivity index (χ3n) is 2.73. The standard InChI is InChI=1S/C11H15N3O3S/c1-11(5-13-6-11)17-4-8(15)14-10-7(9(12)16)2-3-18-10/h2-3,13H,4-6H2,1H3,(H2,12,16)(H,14,15). The maximum Gasteiger partial charge on any atom is 0.251 e. The van der Waals surface area contributed by atoms with Crippen LogP contribution < -0.4 is 16.4 Å². The Kier molecular flexibility index (Phi) is 3.65. The minimum Gasteiger partial charge on any atom is -0.366 e. The van der Waals surface area contributed by atoms with Gasteiger partial charge in [-0.05, 0) is 18.4 Å². The van der Waals surface area contributed by atoms with E-state index in [0.717, 1.165) is 13.1 Å². The SMILES string of the molecule is CC1(OCC(=O)Nc2sccc2C(N)=O)CNC1. The van der Waals surface area contributed by atoms with E-state index < -0.39 is 5.91 Å². The van der Waals surface area contributed by atoms with E-state index in [-0.39, 0.29) is 18.1 Å². The summed E-state index contributed by atoms with van der Waals surface area (Å²) in [6, 6.07) is 1.58. The first-order chi connectivity index (χ1) is 8.50. The molecule has 1 aromatic rings. The number of nitrogens with one attached hydrogen (secondary N) is 2. The van der Waals surface area contributed by atoms with E-state index >= 15 is 0 Å². The zero-order valence-corrected chi connectivity index (χ0v) is 10.8. The predicted molar refractivity (Wildman–Crippen MR) is 68.7 cm³/mol. The van der Waals surface area contributed by atoms with E-state index in [0.29, 0.717) is 10.6 Å². The Labute approximate surface area is 108 Å². The molecule has 0 bridgehead atoms. The van der Waals surface area contributed by atoms with E-state index in [2.05, 4.69) is 10.6 Å². The molecule has 2 amide bonds. The molecule has 6 nitrogen and oxygen atoms in total. The molecule has 1 aliphatic rings. The number of rotatable bonds is 5. The van der Waals surface area contributed by atoms with Gasteiger partial charge >= 0.3 is 0 Å². The van der Waals surface area contributed by atoms with Gasteiger partial charge in [0, 0.05) is 13.1 Å². The molecule has 0 aliphatic carbocycles. The van der Waals surface area contributed by atoms with Crippen LogP contribution in [0.1, 0.15) is 17.3 Å². The van der Waals surface area contributed by atoms with Crippen molar-refractivity contribution >= 4 is 28.2 Å². The zero-order valence-electron chi connectivity index (χ0n) is 9.99. The van der Waals surface area contributed by atoms with E-state index in [1.165, 1.54) is 11.3 Å². The Balaban J connectivity index is 1.87. The highest BCUT2D eigenvalue weighted by Crippen LogP contribution is 2.22. The van der Waals surface area contributed by atoms with Crippen molar-refractivity contribution in [2.24, 2.45) is 5.73 Å². The van der Waals surface area contributed by atoms with Gasteiger partial charge in [-0.1, -0.05) is 0 Å². The van der Waals surface area contributed by atoms with Crippen molar-refractivity contribution in [3.63, 3.8) is 0 Å². The topological polar surface area (TPSA) is 93.4 Å². The molecule has 0 radical (unpaired) electrons. The van der Waals surface area contributed by atoms with Crippen molar-refractivity contribution in [2.75, 3.05) is 25.0 Å². The lowest BCUT2D eigenvalue weighted by atomic mass is 10.0. The lowest BCUT2D eigenvalue weighted by molar-refractivity contribution is -0.130. The molecule has 98 valence electrons. The summed E-state index contributed by atoms with van der Waals surface area (Å²) in [7, 11) is 0. The smallest absolute Gasteiger partial charge is 0.251 e. The van der Waals surface area contributed by atoms with Gasteiger partial charge in [0.1, 0.15) is 11.6 Å². The van der Waals surface area contributed by atoms with Gasteiger partial charge in [-0.25, -0.2) is 0 Å². The summed E-state index contributed by atoms with van der Waals surface area (Å²) in [5, 5.41) is 7.87. The number of thiophene rings is 1. The van der Waals surface area contributed by atoms with Gasteiger partial charge in [0.25, 0.3) is 11.8 Å². The van der Waals surface area contributed by atoms with Crippen LogP contribution in [0.2, 0.25) is 0 Å². The summed E-state index contributed by atoms with van der Waals surface area (Å²) in [5.74, 6) is -0.837. The second-order valence-corrected chi connectivity index (χ2v) is 5.33. The van der Waals surface area contributed by atoms with Crippen LogP contribution in [-0.2, 0) is 9.53 Å². The fraction of sp³-hybridized carbons (Fsp3) is 0.455. The minimum atomic E-state index is -0.553. The fourth-order valence-corrected chi connectivity index (χ4v) is 2.39. The van der Waals surface area contributed by atoms with E-state index in [1.54, 1.807) is 11.4 Å². The highest BCUT2D eigenvalue weighted by atomic mass is 32.1. The Morgan fingerprint density at radius 1 is 1.61 bits per heavy atom. The molecule has 18 heavy (non-hydrogen) atoms. The average molecular weight is 269 g/mol. The zero-order chi connectivity index (χ0) is 13.2. The van der Waals surface area contributed by atoms with Crippen molar-refractivity contribution in [3.8, 4) is 0 Å². The maximum absolute atomic E-state index is 11.7. The first-order valence-corrected chi connectivity index (χ1v) is 6.40. The van der Waals surface area contributed by atoms with Crippen LogP contribution in [0.25, 0.3) is 0 Å². The summed E-state index contributed by atoms with van der Waals surface area (Å²) in [5.41, 5.74) is 5.24. The van der Waals surface area contributed by atoms with Crippen LogP contribution in [0.3, 0.4) is 0 Å². The van der Waals surface area contributed by atoms with E-state index in [9.17, 15) is 9.59 Å². The van der Waals surface area contributed by atoms with Crippen LogP contribution in [0.15, 0.2) is 11.4 Å². The van der Waals surface area contributed by atoms with E-state index in [4.69, 9.17) is 10.5 Å². The largest absolute Gasteiger partial charge is 0.366 e. The molecule has 0 saturated carbocycles.